The highest BCUT2D eigenvalue weighted by Gasteiger charge is 2.49. The van der Waals surface area contributed by atoms with Crippen LogP contribution in [-0.4, -0.2) is 49.6 Å². The summed E-state index contributed by atoms with van der Waals surface area (Å²) in [5.74, 6) is -1.29. The Morgan fingerprint density at radius 1 is 0.895 bits per heavy atom. The minimum Gasteiger partial charge on any atom is -0.378 e. The Balaban J connectivity index is 1.43. The molecule has 8 nitrogen and oxygen atoms in total. The third kappa shape index (κ3) is 4.99. The monoisotopic (exact) mass is 512 g/mol. The molecule has 2 aliphatic rings. The topological polar surface area (TPSA) is 91.0 Å². The molecule has 0 aromatic heterocycles. The molecule has 3 aromatic carbocycles. The van der Waals surface area contributed by atoms with E-state index in [4.69, 9.17) is 4.74 Å². The van der Waals surface area contributed by atoms with E-state index < -0.39 is 17.4 Å². The molecule has 8 heteroatoms. The fourth-order valence-corrected chi connectivity index (χ4v) is 5.38. The van der Waals surface area contributed by atoms with Gasteiger partial charge in [-0.2, -0.15) is 0 Å². The smallest absolute Gasteiger partial charge is 0.257 e. The molecule has 196 valence electrons. The molecular weight excluding hydrogens is 480 g/mol. The fraction of sp³-hybridized carbons (Fsp3) is 0.300. The molecule has 2 aliphatic heterocycles. The molecule has 2 atom stereocenters. The van der Waals surface area contributed by atoms with Gasteiger partial charge in [0.1, 0.15) is 5.54 Å². The van der Waals surface area contributed by atoms with Crippen LogP contribution in [0.25, 0.3) is 0 Å². The molecule has 2 unspecified atom stereocenters. The van der Waals surface area contributed by atoms with Crippen molar-refractivity contribution in [1.29, 1.82) is 0 Å². The zero-order valence-corrected chi connectivity index (χ0v) is 21.6. The number of morpholine rings is 1. The minimum absolute atomic E-state index is 0.265. The lowest BCUT2D eigenvalue weighted by atomic mass is 9.81. The maximum atomic E-state index is 13.7. The van der Waals surface area contributed by atoms with E-state index >= 15 is 0 Å². The van der Waals surface area contributed by atoms with Crippen molar-refractivity contribution >= 4 is 34.8 Å². The van der Waals surface area contributed by atoms with Crippen LogP contribution >= 0.6 is 0 Å². The predicted molar refractivity (Wildman–Crippen MR) is 147 cm³/mol. The summed E-state index contributed by atoms with van der Waals surface area (Å²) in [5.41, 5.74) is 2.69. The number of carbonyl (C=O) groups excluding carboxylic acids is 3. The molecule has 0 radical (unpaired) electrons. The number of amides is 3. The molecule has 0 saturated carbocycles. The molecular formula is C30H32N4O4. The average Bonchev–Trinajstić information content (AvgIpc) is 2.94. The zero-order valence-electron chi connectivity index (χ0n) is 21.6. The summed E-state index contributed by atoms with van der Waals surface area (Å²) in [5, 5.41) is 6.11. The number of nitrogens with one attached hydrogen (secondary N) is 2. The average molecular weight is 513 g/mol. The Morgan fingerprint density at radius 3 is 2.24 bits per heavy atom. The van der Waals surface area contributed by atoms with Gasteiger partial charge in [-0.05, 0) is 55.0 Å². The number of ether oxygens (including phenoxy) is 1. The Morgan fingerprint density at radius 2 is 1.55 bits per heavy atom. The van der Waals surface area contributed by atoms with E-state index in [2.05, 4.69) is 27.7 Å². The first kappa shape index (κ1) is 25.5. The second-order valence-corrected chi connectivity index (χ2v) is 9.88. The summed E-state index contributed by atoms with van der Waals surface area (Å²) in [4.78, 5) is 43.2. The molecule has 2 heterocycles. The fourth-order valence-electron chi connectivity index (χ4n) is 5.38. The quantitative estimate of drug-likeness (QED) is 0.499. The van der Waals surface area contributed by atoms with Crippen LogP contribution in [-0.2, 0) is 14.3 Å². The van der Waals surface area contributed by atoms with Crippen molar-refractivity contribution in [3.8, 4) is 0 Å². The summed E-state index contributed by atoms with van der Waals surface area (Å²) >= 11 is 0. The summed E-state index contributed by atoms with van der Waals surface area (Å²) in [6.45, 7) is 6.32. The zero-order chi connectivity index (χ0) is 26.7. The molecule has 5 rings (SSSR count). The van der Waals surface area contributed by atoms with Crippen LogP contribution in [0.4, 0.5) is 17.1 Å². The maximum Gasteiger partial charge on any atom is 0.257 e. The molecule has 1 saturated heterocycles. The number of nitrogens with zero attached hydrogens (tertiary/aromatic N) is 2. The highest BCUT2D eigenvalue weighted by atomic mass is 16.5. The van der Waals surface area contributed by atoms with Crippen molar-refractivity contribution in [3.05, 3.63) is 90.0 Å². The van der Waals surface area contributed by atoms with Gasteiger partial charge in [-0.3, -0.25) is 24.6 Å². The predicted octanol–water partition coefficient (Wildman–Crippen LogP) is 4.15. The number of benzene rings is 3. The lowest BCUT2D eigenvalue weighted by Crippen LogP contribution is -2.62. The molecule has 0 spiro atoms. The molecule has 1 fully saturated rings. The van der Waals surface area contributed by atoms with E-state index in [1.165, 1.54) is 11.8 Å². The van der Waals surface area contributed by atoms with Crippen molar-refractivity contribution in [3.63, 3.8) is 0 Å². The normalized spacial score (nSPS) is 20.8. The van der Waals surface area contributed by atoms with Gasteiger partial charge in [0.2, 0.25) is 5.91 Å². The van der Waals surface area contributed by atoms with Crippen LogP contribution in [0.15, 0.2) is 78.9 Å². The highest BCUT2D eigenvalue weighted by molar-refractivity contribution is 6.11. The lowest BCUT2D eigenvalue weighted by molar-refractivity contribution is -0.129. The van der Waals surface area contributed by atoms with Crippen molar-refractivity contribution in [2.24, 2.45) is 0 Å². The summed E-state index contributed by atoms with van der Waals surface area (Å²) in [6.07, 6.45) is 0.280. The molecule has 0 bridgehead atoms. The van der Waals surface area contributed by atoms with Gasteiger partial charge in [-0.25, -0.2) is 0 Å². The third-order valence-electron chi connectivity index (χ3n) is 7.30. The number of imide groups is 1. The Bertz CT molecular complexity index is 1320. The number of anilines is 3. The number of para-hydroxylation sites is 1. The van der Waals surface area contributed by atoms with Gasteiger partial charge < -0.3 is 15.0 Å². The summed E-state index contributed by atoms with van der Waals surface area (Å²) < 4.78 is 5.46. The van der Waals surface area contributed by atoms with E-state index in [-0.39, 0.29) is 18.4 Å². The molecule has 3 aromatic rings. The molecule has 38 heavy (non-hydrogen) atoms. The summed E-state index contributed by atoms with van der Waals surface area (Å²) in [7, 11) is 0. The number of carbonyl (C=O) groups is 3. The molecule has 0 aliphatic carbocycles. The third-order valence-corrected chi connectivity index (χ3v) is 7.30. The van der Waals surface area contributed by atoms with Gasteiger partial charge in [-0.15, -0.1) is 0 Å². The summed E-state index contributed by atoms with van der Waals surface area (Å²) in [6, 6.07) is 24.1. The van der Waals surface area contributed by atoms with Gasteiger partial charge >= 0.3 is 0 Å². The largest absolute Gasteiger partial charge is 0.378 e. The Hall–Kier alpha value is -4.17. The van der Waals surface area contributed by atoms with Crippen molar-refractivity contribution in [1.82, 2.24) is 5.32 Å². The van der Waals surface area contributed by atoms with Crippen LogP contribution < -0.4 is 20.4 Å². The van der Waals surface area contributed by atoms with Gasteiger partial charge in [-0.1, -0.05) is 36.4 Å². The number of hydrogen-bond acceptors (Lipinski definition) is 6. The van der Waals surface area contributed by atoms with Crippen molar-refractivity contribution in [2.45, 2.75) is 31.8 Å². The van der Waals surface area contributed by atoms with Crippen molar-refractivity contribution in [2.75, 3.05) is 41.4 Å². The first-order valence-corrected chi connectivity index (χ1v) is 12.9. The first-order valence-electron chi connectivity index (χ1n) is 12.9. The van der Waals surface area contributed by atoms with Gasteiger partial charge in [0.25, 0.3) is 11.8 Å². The van der Waals surface area contributed by atoms with E-state index in [9.17, 15) is 14.4 Å². The van der Waals surface area contributed by atoms with E-state index in [1.807, 2.05) is 36.4 Å². The van der Waals surface area contributed by atoms with E-state index in [1.54, 1.807) is 37.3 Å². The highest BCUT2D eigenvalue weighted by Crippen LogP contribution is 2.44. The standard InChI is InChI=1S/C30H32N4O4/c1-21(35)34-27-11-7-6-10-25(27)26(31-23-12-14-24(15-13-23)33-16-18-38-19-17-33)20-30(34,2)29(37)32-28(36)22-8-4-3-5-9-22/h3-15,26,31H,16-20H2,1-2H3,(H,32,36,37). The van der Waals surface area contributed by atoms with Crippen LogP contribution in [0.3, 0.4) is 0 Å². The lowest BCUT2D eigenvalue weighted by Gasteiger charge is -2.47. The van der Waals surface area contributed by atoms with Crippen LogP contribution in [0, 0.1) is 0 Å². The molecule has 3 amide bonds. The minimum atomic E-state index is -1.30. The Kier molecular flexibility index (Phi) is 7.15. The van der Waals surface area contributed by atoms with Gasteiger partial charge in [0.05, 0.1) is 24.9 Å². The van der Waals surface area contributed by atoms with Crippen LogP contribution in [0.1, 0.15) is 42.2 Å². The van der Waals surface area contributed by atoms with Crippen LogP contribution in [0.5, 0.6) is 0 Å². The number of hydrogen-bond donors (Lipinski definition) is 2. The number of fused-ring (bicyclic) bond motifs is 1. The second kappa shape index (κ2) is 10.7. The van der Waals surface area contributed by atoms with Crippen molar-refractivity contribution < 1.29 is 19.1 Å². The molecule has 2 N–H and O–H groups in total. The van der Waals surface area contributed by atoms with Crippen LogP contribution in [0.2, 0.25) is 0 Å². The van der Waals surface area contributed by atoms with Gasteiger partial charge in [0.15, 0.2) is 0 Å². The first-order chi connectivity index (χ1) is 18.4. The Labute approximate surface area is 222 Å². The number of rotatable bonds is 5. The van der Waals surface area contributed by atoms with E-state index in [0.717, 1.165) is 43.2 Å². The SMILES string of the molecule is CC(=O)N1c2ccccc2C(Nc2ccc(N3CCOCC3)cc2)CC1(C)C(=O)NC(=O)c1ccccc1. The van der Waals surface area contributed by atoms with E-state index in [0.29, 0.717) is 11.3 Å². The maximum absolute atomic E-state index is 13.7. The second-order valence-electron chi connectivity index (χ2n) is 9.88. The van der Waals surface area contributed by atoms with Gasteiger partial charge in [0, 0.05) is 43.4 Å².